The Morgan fingerprint density at radius 1 is 1.53 bits per heavy atom. The SMILES string of the molecule is COCCCNC(=O)N1C[C@H](O)C[C@H]1C(=O)O. The summed E-state index contributed by atoms with van der Waals surface area (Å²) in [5.41, 5.74) is 0. The van der Waals surface area contributed by atoms with Crippen LogP contribution in [0.3, 0.4) is 0 Å². The number of likely N-dealkylation sites (tertiary alicyclic amines) is 1. The van der Waals surface area contributed by atoms with Crippen LogP contribution in [0.15, 0.2) is 0 Å². The Kier molecular flexibility index (Phi) is 5.17. The van der Waals surface area contributed by atoms with Crippen molar-refractivity contribution in [1.82, 2.24) is 10.2 Å². The maximum absolute atomic E-state index is 11.7. The molecule has 0 spiro atoms. The van der Waals surface area contributed by atoms with Gasteiger partial charge in [0.25, 0.3) is 0 Å². The molecule has 1 aliphatic heterocycles. The van der Waals surface area contributed by atoms with Gasteiger partial charge in [-0.2, -0.15) is 0 Å². The number of hydrogen-bond donors (Lipinski definition) is 3. The fourth-order valence-corrected chi connectivity index (χ4v) is 1.79. The maximum Gasteiger partial charge on any atom is 0.326 e. The minimum absolute atomic E-state index is 0.0626. The summed E-state index contributed by atoms with van der Waals surface area (Å²) in [5.74, 6) is -1.09. The normalized spacial score (nSPS) is 23.8. The molecule has 0 saturated carbocycles. The highest BCUT2D eigenvalue weighted by molar-refractivity contribution is 5.83. The summed E-state index contributed by atoms with van der Waals surface area (Å²) in [6.07, 6.45) is -0.0159. The van der Waals surface area contributed by atoms with Crippen LogP contribution in [-0.4, -0.2) is 66.1 Å². The standard InChI is InChI=1S/C10H18N2O5/c1-17-4-2-3-11-10(16)12-6-7(13)5-8(12)9(14)15/h7-8,13H,2-6H2,1H3,(H,11,16)(H,14,15)/t7-,8+/m1/s1. The first kappa shape index (κ1) is 13.7. The van der Waals surface area contributed by atoms with Crippen molar-refractivity contribution < 1.29 is 24.5 Å². The van der Waals surface area contributed by atoms with Gasteiger partial charge in [-0.3, -0.25) is 0 Å². The molecule has 0 bridgehead atoms. The lowest BCUT2D eigenvalue weighted by atomic mass is 10.2. The van der Waals surface area contributed by atoms with Crippen LogP contribution in [-0.2, 0) is 9.53 Å². The largest absolute Gasteiger partial charge is 0.480 e. The predicted molar refractivity (Wildman–Crippen MR) is 58.6 cm³/mol. The summed E-state index contributed by atoms with van der Waals surface area (Å²) in [7, 11) is 1.57. The van der Waals surface area contributed by atoms with Gasteiger partial charge in [-0.25, -0.2) is 9.59 Å². The third-order valence-electron chi connectivity index (χ3n) is 2.63. The van der Waals surface area contributed by atoms with Gasteiger partial charge in [-0.05, 0) is 6.42 Å². The van der Waals surface area contributed by atoms with Gasteiger partial charge in [-0.1, -0.05) is 0 Å². The molecule has 0 aromatic heterocycles. The van der Waals surface area contributed by atoms with Crippen molar-refractivity contribution in [3.05, 3.63) is 0 Å². The van der Waals surface area contributed by atoms with E-state index in [4.69, 9.17) is 9.84 Å². The molecule has 17 heavy (non-hydrogen) atoms. The minimum atomic E-state index is -1.09. The molecule has 7 heteroatoms. The molecule has 2 amide bonds. The second-order valence-corrected chi connectivity index (χ2v) is 3.97. The summed E-state index contributed by atoms with van der Waals surface area (Å²) in [6, 6.07) is -1.39. The van der Waals surface area contributed by atoms with E-state index in [1.807, 2.05) is 0 Å². The van der Waals surface area contributed by atoms with Crippen molar-refractivity contribution in [1.29, 1.82) is 0 Å². The minimum Gasteiger partial charge on any atom is -0.480 e. The van der Waals surface area contributed by atoms with E-state index < -0.39 is 24.1 Å². The molecule has 0 aliphatic carbocycles. The summed E-state index contributed by atoms with van der Waals surface area (Å²) < 4.78 is 4.83. The number of aliphatic carboxylic acids is 1. The molecule has 0 aromatic carbocycles. The Morgan fingerprint density at radius 3 is 2.82 bits per heavy atom. The molecular weight excluding hydrogens is 228 g/mol. The summed E-state index contributed by atoms with van der Waals surface area (Å²) in [4.78, 5) is 23.7. The lowest BCUT2D eigenvalue weighted by Gasteiger charge is -2.21. The summed E-state index contributed by atoms with van der Waals surface area (Å²) >= 11 is 0. The number of carbonyl (C=O) groups excluding carboxylic acids is 1. The van der Waals surface area contributed by atoms with Crippen molar-refractivity contribution in [2.75, 3.05) is 26.8 Å². The fourth-order valence-electron chi connectivity index (χ4n) is 1.79. The number of nitrogens with zero attached hydrogens (tertiary/aromatic N) is 1. The lowest BCUT2D eigenvalue weighted by Crippen LogP contribution is -2.46. The van der Waals surface area contributed by atoms with Crippen LogP contribution in [0.1, 0.15) is 12.8 Å². The zero-order chi connectivity index (χ0) is 12.8. The molecule has 1 heterocycles. The maximum atomic E-state index is 11.7. The number of rotatable bonds is 5. The molecule has 0 unspecified atom stereocenters. The number of carboxylic acid groups (broad SMARTS) is 1. The number of ether oxygens (including phenoxy) is 1. The van der Waals surface area contributed by atoms with E-state index in [1.165, 1.54) is 0 Å². The first-order chi connectivity index (χ1) is 8.06. The van der Waals surface area contributed by atoms with Gasteiger partial charge in [0.2, 0.25) is 0 Å². The van der Waals surface area contributed by atoms with Crippen LogP contribution in [0, 0.1) is 0 Å². The smallest absolute Gasteiger partial charge is 0.326 e. The molecule has 0 aromatic rings. The van der Waals surface area contributed by atoms with Crippen LogP contribution in [0.2, 0.25) is 0 Å². The van der Waals surface area contributed by atoms with Gasteiger partial charge in [0.05, 0.1) is 6.10 Å². The van der Waals surface area contributed by atoms with E-state index in [2.05, 4.69) is 5.32 Å². The Bertz CT molecular complexity index is 284. The number of amides is 2. The molecule has 3 N–H and O–H groups in total. The molecule has 0 radical (unpaired) electrons. The van der Waals surface area contributed by atoms with Gasteiger partial charge in [0.1, 0.15) is 6.04 Å². The van der Waals surface area contributed by atoms with Crippen molar-refractivity contribution >= 4 is 12.0 Å². The summed E-state index contributed by atoms with van der Waals surface area (Å²) in [6.45, 7) is 1.02. The highest BCUT2D eigenvalue weighted by Gasteiger charge is 2.38. The Hall–Kier alpha value is -1.34. The zero-order valence-electron chi connectivity index (χ0n) is 9.76. The van der Waals surface area contributed by atoms with Crippen LogP contribution in [0.4, 0.5) is 4.79 Å². The van der Waals surface area contributed by atoms with Crippen LogP contribution in [0.5, 0.6) is 0 Å². The Labute approximate surface area is 99.4 Å². The van der Waals surface area contributed by atoms with Gasteiger partial charge in [-0.15, -0.1) is 0 Å². The molecule has 98 valence electrons. The molecular formula is C10H18N2O5. The third kappa shape index (κ3) is 3.86. The Morgan fingerprint density at radius 2 is 2.24 bits per heavy atom. The zero-order valence-corrected chi connectivity index (χ0v) is 9.76. The number of carboxylic acids is 1. The molecule has 7 nitrogen and oxygen atoms in total. The molecule has 1 rings (SSSR count). The topological polar surface area (TPSA) is 99.1 Å². The first-order valence-electron chi connectivity index (χ1n) is 5.50. The average Bonchev–Trinajstić information content (AvgIpc) is 2.66. The number of nitrogens with one attached hydrogen (secondary N) is 1. The van der Waals surface area contributed by atoms with Crippen LogP contribution < -0.4 is 5.32 Å². The number of hydrogen-bond acceptors (Lipinski definition) is 4. The van der Waals surface area contributed by atoms with Crippen molar-refractivity contribution in [3.8, 4) is 0 Å². The number of urea groups is 1. The second-order valence-electron chi connectivity index (χ2n) is 3.97. The van der Waals surface area contributed by atoms with E-state index >= 15 is 0 Å². The number of aliphatic hydroxyl groups is 1. The first-order valence-corrected chi connectivity index (χ1v) is 5.50. The number of aliphatic hydroxyl groups excluding tert-OH is 1. The van der Waals surface area contributed by atoms with E-state index in [0.29, 0.717) is 19.6 Å². The number of β-amino-alcohol motifs (C(OH)–C–C–N with tert-alkyl or cyclic N) is 1. The molecule has 2 atom stereocenters. The van der Waals surface area contributed by atoms with Crippen LogP contribution >= 0.6 is 0 Å². The lowest BCUT2D eigenvalue weighted by molar-refractivity contribution is -0.141. The monoisotopic (exact) mass is 246 g/mol. The van der Waals surface area contributed by atoms with Crippen molar-refractivity contribution in [3.63, 3.8) is 0 Å². The highest BCUT2D eigenvalue weighted by atomic mass is 16.5. The third-order valence-corrected chi connectivity index (χ3v) is 2.63. The molecule has 1 fully saturated rings. The Balaban J connectivity index is 2.41. The predicted octanol–water partition coefficient (Wildman–Crippen LogP) is -0.748. The van der Waals surface area contributed by atoms with Gasteiger partial charge < -0.3 is 25.2 Å². The molecule has 1 saturated heterocycles. The number of methoxy groups -OCH3 is 1. The second kappa shape index (κ2) is 6.41. The average molecular weight is 246 g/mol. The van der Waals surface area contributed by atoms with Gasteiger partial charge in [0.15, 0.2) is 0 Å². The number of carbonyl (C=O) groups is 2. The van der Waals surface area contributed by atoms with Gasteiger partial charge >= 0.3 is 12.0 Å². The van der Waals surface area contributed by atoms with E-state index in [0.717, 1.165) is 4.90 Å². The highest BCUT2D eigenvalue weighted by Crippen LogP contribution is 2.17. The quantitative estimate of drug-likeness (QED) is 0.554. The van der Waals surface area contributed by atoms with E-state index in [1.54, 1.807) is 7.11 Å². The van der Waals surface area contributed by atoms with Crippen LogP contribution in [0.25, 0.3) is 0 Å². The van der Waals surface area contributed by atoms with E-state index in [-0.39, 0.29) is 13.0 Å². The van der Waals surface area contributed by atoms with Crippen molar-refractivity contribution in [2.45, 2.75) is 25.0 Å². The van der Waals surface area contributed by atoms with E-state index in [9.17, 15) is 14.7 Å². The summed E-state index contributed by atoms with van der Waals surface area (Å²) in [5, 5.41) is 20.9. The fraction of sp³-hybridized carbons (Fsp3) is 0.800. The van der Waals surface area contributed by atoms with Gasteiger partial charge in [0, 0.05) is 33.2 Å². The molecule has 1 aliphatic rings. The van der Waals surface area contributed by atoms with Crippen molar-refractivity contribution in [2.24, 2.45) is 0 Å².